The average Bonchev–Trinajstić information content (AvgIpc) is 2.78. The molecule has 0 amide bonds. The molecule has 2 nitrogen and oxygen atoms in total. The first-order valence-electron chi connectivity index (χ1n) is 11.8. The fourth-order valence-corrected chi connectivity index (χ4v) is 2.56. The molecule has 0 fully saturated rings. The van der Waals surface area contributed by atoms with Gasteiger partial charge in [0, 0.05) is 18.2 Å². The Morgan fingerprint density at radius 2 is 1.49 bits per heavy atom. The van der Waals surface area contributed by atoms with Crippen LogP contribution in [-0.2, 0) is 6.18 Å². The molecule has 200 valence electrons. The minimum absolute atomic E-state index is 0.0670. The highest BCUT2D eigenvalue weighted by atomic mass is 19.4. The van der Waals surface area contributed by atoms with E-state index in [-0.39, 0.29) is 25.5 Å². The van der Waals surface area contributed by atoms with Crippen molar-refractivity contribution in [1.29, 1.82) is 0 Å². The molecule has 0 aliphatic carbocycles. The van der Waals surface area contributed by atoms with Gasteiger partial charge in [-0.2, -0.15) is 13.2 Å². The van der Waals surface area contributed by atoms with Gasteiger partial charge in [-0.15, -0.1) is 0 Å². The van der Waals surface area contributed by atoms with E-state index in [1.54, 1.807) is 12.2 Å². The third-order valence-corrected chi connectivity index (χ3v) is 4.55. The second kappa shape index (κ2) is 17.0. The van der Waals surface area contributed by atoms with E-state index in [1.807, 2.05) is 48.5 Å². The standard InChI is InChI=1S/C24H30F5NO.2C2H6/c1-16(2)20(13-14-23(6,25)26)8-7-17(3)19(5)30-18(4)15-31-22-11-9-21(10-12-22)24(27,28)29;2*1-2/h7-12,19,30H,3-4,13-15H2,1-2,5-6H3;2*1-2H3/b8-7-;;. The van der Waals surface area contributed by atoms with Gasteiger partial charge in [0.15, 0.2) is 0 Å². The van der Waals surface area contributed by atoms with Crippen LogP contribution in [0.25, 0.3) is 0 Å². The van der Waals surface area contributed by atoms with E-state index < -0.39 is 17.7 Å². The van der Waals surface area contributed by atoms with E-state index in [0.29, 0.717) is 11.4 Å². The van der Waals surface area contributed by atoms with Crippen molar-refractivity contribution in [3.8, 4) is 5.75 Å². The molecule has 1 atom stereocenters. The van der Waals surface area contributed by atoms with E-state index >= 15 is 0 Å². The summed E-state index contributed by atoms with van der Waals surface area (Å²) >= 11 is 0. The summed E-state index contributed by atoms with van der Waals surface area (Å²) in [5, 5.41) is 3.11. The molecule has 1 N–H and O–H groups in total. The molecule has 0 spiro atoms. The summed E-state index contributed by atoms with van der Waals surface area (Å²) in [6.45, 7) is 22.4. The molecule has 0 aromatic heterocycles. The Labute approximate surface area is 208 Å². The second-order valence-corrected chi connectivity index (χ2v) is 7.78. The van der Waals surface area contributed by atoms with Crippen molar-refractivity contribution < 1.29 is 26.7 Å². The average molecular weight is 504 g/mol. The zero-order valence-corrected chi connectivity index (χ0v) is 22.4. The number of hydrogen-bond acceptors (Lipinski definition) is 2. The largest absolute Gasteiger partial charge is 0.487 e. The highest BCUT2D eigenvalue weighted by Crippen LogP contribution is 2.30. The van der Waals surface area contributed by atoms with Crippen molar-refractivity contribution >= 4 is 0 Å². The molecule has 0 aliphatic rings. The van der Waals surface area contributed by atoms with Gasteiger partial charge in [0.1, 0.15) is 12.4 Å². The van der Waals surface area contributed by atoms with Crippen LogP contribution >= 0.6 is 0 Å². The van der Waals surface area contributed by atoms with Crippen LogP contribution in [0.3, 0.4) is 0 Å². The minimum Gasteiger partial charge on any atom is -0.487 e. The van der Waals surface area contributed by atoms with Crippen LogP contribution in [0, 0.1) is 0 Å². The molecule has 1 unspecified atom stereocenters. The van der Waals surface area contributed by atoms with Crippen LogP contribution in [0.15, 0.2) is 72.0 Å². The zero-order chi connectivity index (χ0) is 27.8. The van der Waals surface area contributed by atoms with Crippen LogP contribution in [0.5, 0.6) is 5.75 Å². The van der Waals surface area contributed by atoms with Gasteiger partial charge in [-0.3, -0.25) is 0 Å². The molecule has 0 heterocycles. The Balaban J connectivity index is 0. The van der Waals surface area contributed by atoms with Gasteiger partial charge in [0.2, 0.25) is 5.92 Å². The normalized spacial score (nSPS) is 11.9. The summed E-state index contributed by atoms with van der Waals surface area (Å²) in [7, 11) is 0. The summed E-state index contributed by atoms with van der Waals surface area (Å²) in [6, 6.07) is 4.21. The van der Waals surface area contributed by atoms with Gasteiger partial charge in [-0.05, 0) is 69.5 Å². The highest BCUT2D eigenvalue weighted by Gasteiger charge is 2.30. The van der Waals surface area contributed by atoms with Crippen molar-refractivity contribution in [2.75, 3.05) is 6.61 Å². The SMILES string of the molecule is C=C(COc1ccc(C(F)(F)F)cc1)NC(C)C(=C)/C=C\C(CCC(C)(F)F)=C(C)C.CC.CC. The number of rotatable bonds is 11. The maximum atomic E-state index is 13.1. The topological polar surface area (TPSA) is 21.3 Å². The predicted octanol–water partition coefficient (Wildman–Crippen LogP) is 9.51. The van der Waals surface area contributed by atoms with Gasteiger partial charge >= 0.3 is 6.18 Å². The van der Waals surface area contributed by atoms with E-state index in [1.165, 1.54) is 12.1 Å². The lowest BCUT2D eigenvalue weighted by Crippen LogP contribution is -2.28. The Hall–Kier alpha value is -2.57. The van der Waals surface area contributed by atoms with Gasteiger partial charge in [-0.1, -0.05) is 58.6 Å². The number of nitrogens with one attached hydrogen (secondary N) is 1. The van der Waals surface area contributed by atoms with Crippen LogP contribution < -0.4 is 10.1 Å². The molecule has 0 aliphatic heterocycles. The summed E-state index contributed by atoms with van der Waals surface area (Å²) in [5.41, 5.74) is 2.29. The zero-order valence-electron chi connectivity index (χ0n) is 22.4. The Morgan fingerprint density at radius 1 is 0.971 bits per heavy atom. The lowest BCUT2D eigenvalue weighted by atomic mass is 10.0. The lowest BCUT2D eigenvalue weighted by Gasteiger charge is -2.18. The summed E-state index contributed by atoms with van der Waals surface area (Å²) in [5.74, 6) is -2.42. The molecule has 0 saturated carbocycles. The van der Waals surface area contributed by atoms with Gasteiger partial charge in [0.05, 0.1) is 5.56 Å². The third-order valence-electron chi connectivity index (χ3n) is 4.55. The number of alkyl halides is 5. The Morgan fingerprint density at radius 3 is 1.91 bits per heavy atom. The van der Waals surface area contributed by atoms with Crippen molar-refractivity contribution in [2.24, 2.45) is 0 Å². The number of halogens is 5. The maximum absolute atomic E-state index is 13.1. The first kappa shape index (κ1) is 34.6. The van der Waals surface area contributed by atoms with Gasteiger partial charge in [0.25, 0.3) is 0 Å². The number of benzene rings is 1. The second-order valence-electron chi connectivity index (χ2n) is 7.78. The quantitative estimate of drug-likeness (QED) is 0.240. The van der Waals surface area contributed by atoms with Crippen LogP contribution in [0.2, 0.25) is 0 Å². The predicted molar refractivity (Wildman–Crippen MR) is 138 cm³/mol. The maximum Gasteiger partial charge on any atom is 0.416 e. The third kappa shape index (κ3) is 15.9. The molecular formula is C28H42F5NO. The van der Waals surface area contributed by atoms with Crippen LogP contribution in [0.1, 0.15) is 73.8 Å². The van der Waals surface area contributed by atoms with Crippen LogP contribution in [-0.4, -0.2) is 18.6 Å². The summed E-state index contributed by atoms with van der Waals surface area (Å²) in [4.78, 5) is 0. The minimum atomic E-state index is -4.39. The monoisotopic (exact) mass is 503 g/mol. The summed E-state index contributed by atoms with van der Waals surface area (Å²) < 4.78 is 69.5. The Bertz CT molecular complexity index is 811. The molecule has 1 rings (SSSR count). The molecule has 35 heavy (non-hydrogen) atoms. The van der Waals surface area contributed by atoms with E-state index in [4.69, 9.17) is 4.74 Å². The smallest absolute Gasteiger partial charge is 0.416 e. The number of allylic oxidation sites excluding steroid dienone is 3. The lowest BCUT2D eigenvalue weighted by molar-refractivity contribution is -0.137. The van der Waals surface area contributed by atoms with Crippen LogP contribution in [0.4, 0.5) is 22.0 Å². The summed E-state index contributed by atoms with van der Waals surface area (Å²) in [6.07, 6.45) is -0.780. The fraction of sp³-hybridized carbons (Fsp3) is 0.500. The van der Waals surface area contributed by atoms with E-state index in [9.17, 15) is 22.0 Å². The fourth-order valence-electron chi connectivity index (χ4n) is 2.56. The van der Waals surface area contributed by atoms with Crippen molar-refractivity contribution in [1.82, 2.24) is 5.32 Å². The van der Waals surface area contributed by atoms with E-state index in [2.05, 4.69) is 18.5 Å². The molecular weight excluding hydrogens is 461 g/mol. The Kier molecular flexibility index (Phi) is 16.8. The highest BCUT2D eigenvalue weighted by molar-refractivity contribution is 5.32. The molecule has 1 aromatic rings. The first-order chi connectivity index (χ1) is 16.2. The number of hydrogen-bond donors (Lipinski definition) is 1. The van der Waals surface area contributed by atoms with E-state index in [0.717, 1.165) is 35.8 Å². The van der Waals surface area contributed by atoms with Gasteiger partial charge < -0.3 is 10.1 Å². The molecule has 1 aromatic carbocycles. The number of ether oxygens (including phenoxy) is 1. The van der Waals surface area contributed by atoms with Crippen molar-refractivity contribution in [2.45, 2.75) is 86.4 Å². The van der Waals surface area contributed by atoms with Crippen molar-refractivity contribution in [3.63, 3.8) is 0 Å². The van der Waals surface area contributed by atoms with Gasteiger partial charge in [-0.25, -0.2) is 8.78 Å². The molecule has 0 radical (unpaired) electrons. The molecule has 7 heteroatoms. The molecule has 0 bridgehead atoms. The first-order valence-corrected chi connectivity index (χ1v) is 11.8. The van der Waals surface area contributed by atoms with Crippen molar-refractivity contribution in [3.05, 3.63) is 77.6 Å². The molecule has 0 saturated heterocycles.